The number of benzene rings is 2. The van der Waals surface area contributed by atoms with Gasteiger partial charge in [-0.3, -0.25) is 4.98 Å². The third-order valence-corrected chi connectivity index (χ3v) is 7.09. The maximum Gasteiger partial charge on any atom is 0.337 e. The molecule has 1 fully saturated rings. The lowest BCUT2D eigenvalue weighted by Gasteiger charge is -2.41. The molecule has 0 aliphatic carbocycles. The maximum absolute atomic E-state index is 12.6. The molecule has 0 unspecified atom stereocenters. The fraction of sp³-hybridized carbons (Fsp3) is 0.438. The van der Waals surface area contributed by atoms with Gasteiger partial charge in [0.25, 0.3) is 0 Å². The second kappa shape index (κ2) is 10.8. The summed E-state index contributed by atoms with van der Waals surface area (Å²) < 4.78 is 12.2. The van der Waals surface area contributed by atoms with Crippen molar-refractivity contribution in [2.24, 2.45) is 5.41 Å². The number of aromatic nitrogens is 1. The standard InChI is InChI=1S/C32H40N2O4/c1-21-26(23-13-15-25(16-14-23)37-24-11-9-8-10-12-24)28(34-19-17-32(6,7)18-20-34)27(22(2)33-21)29(30(35)36)38-31(3,4)5/h8-16,29H,17-20H2,1-7H3,(H,35,36)/t29-/m0/s1. The molecule has 1 atom stereocenters. The van der Waals surface area contributed by atoms with Crippen LogP contribution in [0.15, 0.2) is 54.6 Å². The van der Waals surface area contributed by atoms with Crippen LogP contribution in [-0.2, 0) is 9.53 Å². The number of carboxylic acid groups (broad SMARTS) is 1. The molecular formula is C32H40N2O4. The number of carbonyl (C=O) groups is 1. The number of aryl methyl sites for hydroxylation is 2. The van der Waals surface area contributed by atoms with Crippen LogP contribution in [0.1, 0.15) is 70.5 Å². The molecule has 0 amide bonds. The highest BCUT2D eigenvalue weighted by Crippen LogP contribution is 2.45. The van der Waals surface area contributed by atoms with Crippen molar-refractivity contribution in [3.63, 3.8) is 0 Å². The number of hydrogen-bond donors (Lipinski definition) is 1. The first-order chi connectivity index (χ1) is 17.8. The number of anilines is 1. The summed E-state index contributed by atoms with van der Waals surface area (Å²) in [6.45, 7) is 15.8. The summed E-state index contributed by atoms with van der Waals surface area (Å²) in [5.41, 5.74) is 4.62. The Morgan fingerprint density at radius 1 is 0.947 bits per heavy atom. The van der Waals surface area contributed by atoms with Crippen molar-refractivity contribution in [3.05, 3.63) is 71.5 Å². The molecule has 1 aromatic heterocycles. The van der Waals surface area contributed by atoms with Crippen LogP contribution in [0.2, 0.25) is 0 Å². The first-order valence-corrected chi connectivity index (χ1v) is 13.3. The number of aliphatic carboxylic acids is 1. The van der Waals surface area contributed by atoms with E-state index in [1.54, 1.807) is 0 Å². The van der Waals surface area contributed by atoms with E-state index in [0.717, 1.165) is 59.9 Å². The number of para-hydroxylation sites is 1. The monoisotopic (exact) mass is 516 g/mol. The summed E-state index contributed by atoms with van der Waals surface area (Å²) in [7, 11) is 0. The van der Waals surface area contributed by atoms with E-state index >= 15 is 0 Å². The van der Waals surface area contributed by atoms with E-state index in [1.807, 2.05) is 89.2 Å². The van der Waals surface area contributed by atoms with Gasteiger partial charge in [0.15, 0.2) is 6.10 Å². The Morgan fingerprint density at radius 2 is 1.53 bits per heavy atom. The molecule has 2 aromatic carbocycles. The molecule has 202 valence electrons. The van der Waals surface area contributed by atoms with Crippen LogP contribution in [0.4, 0.5) is 5.69 Å². The number of nitrogens with zero attached hydrogens (tertiary/aromatic N) is 2. The molecule has 1 aliphatic heterocycles. The van der Waals surface area contributed by atoms with Crippen LogP contribution < -0.4 is 9.64 Å². The molecule has 38 heavy (non-hydrogen) atoms. The van der Waals surface area contributed by atoms with E-state index in [9.17, 15) is 9.90 Å². The van der Waals surface area contributed by atoms with Gasteiger partial charge in [-0.25, -0.2) is 4.79 Å². The fourth-order valence-electron chi connectivity index (χ4n) is 5.07. The van der Waals surface area contributed by atoms with E-state index in [2.05, 4.69) is 18.7 Å². The Labute approximate surface area is 226 Å². The normalized spacial score (nSPS) is 16.2. The van der Waals surface area contributed by atoms with Crippen molar-refractivity contribution in [1.82, 2.24) is 4.98 Å². The minimum absolute atomic E-state index is 0.248. The molecule has 0 radical (unpaired) electrons. The summed E-state index contributed by atoms with van der Waals surface area (Å²) in [5, 5.41) is 10.3. The highest BCUT2D eigenvalue weighted by atomic mass is 16.5. The summed E-state index contributed by atoms with van der Waals surface area (Å²) in [5.74, 6) is 0.499. The zero-order chi connectivity index (χ0) is 27.7. The van der Waals surface area contributed by atoms with Gasteiger partial charge in [-0.15, -0.1) is 0 Å². The molecule has 0 bridgehead atoms. The lowest BCUT2D eigenvalue weighted by molar-refractivity contribution is -0.160. The van der Waals surface area contributed by atoms with E-state index in [4.69, 9.17) is 14.5 Å². The number of pyridine rings is 1. The lowest BCUT2D eigenvalue weighted by atomic mass is 9.82. The molecule has 3 aromatic rings. The van der Waals surface area contributed by atoms with Crippen molar-refractivity contribution < 1.29 is 19.4 Å². The Balaban J connectivity index is 1.85. The SMILES string of the molecule is Cc1nc(C)c([C@H](OC(C)(C)C)C(=O)O)c(N2CCC(C)(C)CC2)c1-c1ccc(Oc2ccccc2)cc1. The maximum atomic E-state index is 12.6. The van der Waals surface area contributed by atoms with Gasteiger partial charge in [-0.1, -0.05) is 44.2 Å². The van der Waals surface area contributed by atoms with Crippen LogP contribution >= 0.6 is 0 Å². The Morgan fingerprint density at radius 3 is 2.08 bits per heavy atom. The second-order valence-corrected chi connectivity index (χ2v) is 12.0. The van der Waals surface area contributed by atoms with Gasteiger partial charge in [-0.2, -0.15) is 0 Å². The average molecular weight is 517 g/mol. The molecule has 1 aliphatic rings. The molecule has 6 nitrogen and oxygen atoms in total. The van der Waals surface area contributed by atoms with Crippen molar-refractivity contribution in [2.45, 2.75) is 73.0 Å². The van der Waals surface area contributed by atoms with E-state index in [1.165, 1.54) is 0 Å². The highest BCUT2D eigenvalue weighted by Gasteiger charge is 2.36. The molecule has 1 N–H and O–H groups in total. The fourth-order valence-corrected chi connectivity index (χ4v) is 5.07. The summed E-state index contributed by atoms with van der Waals surface area (Å²) >= 11 is 0. The number of hydrogen-bond acceptors (Lipinski definition) is 5. The minimum atomic E-state index is -1.13. The summed E-state index contributed by atoms with van der Waals surface area (Å²) in [6.07, 6.45) is 0.912. The topological polar surface area (TPSA) is 71.9 Å². The molecule has 4 rings (SSSR count). The Kier molecular flexibility index (Phi) is 7.84. The van der Waals surface area contributed by atoms with Crippen molar-refractivity contribution in [2.75, 3.05) is 18.0 Å². The number of piperidine rings is 1. The zero-order valence-corrected chi connectivity index (χ0v) is 23.7. The van der Waals surface area contributed by atoms with Crippen molar-refractivity contribution in [1.29, 1.82) is 0 Å². The van der Waals surface area contributed by atoms with Crippen LogP contribution in [0.5, 0.6) is 11.5 Å². The van der Waals surface area contributed by atoms with E-state index < -0.39 is 17.7 Å². The highest BCUT2D eigenvalue weighted by molar-refractivity contribution is 5.88. The van der Waals surface area contributed by atoms with Gasteiger partial charge in [0.05, 0.1) is 11.3 Å². The van der Waals surface area contributed by atoms with Crippen molar-refractivity contribution >= 4 is 11.7 Å². The summed E-state index contributed by atoms with van der Waals surface area (Å²) in [4.78, 5) is 19.8. The number of rotatable bonds is 7. The minimum Gasteiger partial charge on any atom is -0.479 e. The third kappa shape index (κ3) is 6.36. The number of carboxylic acids is 1. The van der Waals surface area contributed by atoms with Gasteiger partial charge in [0.2, 0.25) is 0 Å². The lowest BCUT2D eigenvalue weighted by Crippen LogP contribution is -2.39. The van der Waals surface area contributed by atoms with Crippen LogP contribution in [-0.4, -0.2) is 34.8 Å². The zero-order valence-electron chi connectivity index (χ0n) is 23.7. The third-order valence-electron chi connectivity index (χ3n) is 7.09. The molecular weight excluding hydrogens is 476 g/mol. The largest absolute Gasteiger partial charge is 0.479 e. The molecule has 6 heteroatoms. The average Bonchev–Trinajstić information content (AvgIpc) is 2.83. The smallest absolute Gasteiger partial charge is 0.337 e. The predicted octanol–water partition coefficient (Wildman–Crippen LogP) is 7.72. The van der Waals surface area contributed by atoms with Gasteiger partial charge >= 0.3 is 5.97 Å². The van der Waals surface area contributed by atoms with Crippen LogP contribution in [0.25, 0.3) is 11.1 Å². The number of ether oxygens (including phenoxy) is 2. The van der Waals surface area contributed by atoms with Gasteiger partial charge < -0.3 is 19.5 Å². The van der Waals surface area contributed by atoms with E-state index in [0.29, 0.717) is 11.3 Å². The van der Waals surface area contributed by atoms with Gasteiger partial charge in [-0.05, 0) is 82.7 Å². The first kappa shape index (κ1) is 27.6. The molecule has 0 spiro atoms. The Hall–Kier alpha value is -3.38. The van der Waals surface area contributed by atoms with Crippen LogP contribution in [0.3, 0.4) is 0 Å². The van der Waals surface area contributed by atoms with Crippen LogP contribution in [0, 0.1) is 19.3 Å². The van der Waals surface area contributed by atoms with Crippen molar-refractivity contribution in [3.8, 4) is 22.6 Å². The molecule has 2 heterocycles. The molecule has 0 saturated carbocycles. The van der Waals surface area contributed by atoms with E-state index in [-0.39, 0.29) is 5.41 Å². The predicted molar refractivity (Wildman–Crippen MR) is 152 cm³/mol. The Bertz CT molecular complexity index is 1270. The van der Waals surface area contributed by atoms with Gasteiger partial charge in [0.1, 0.15) is 11.5 Å². The quantitative estimate of drug-likeness (QED) is 0.346. The van der Waals surface area contributed by atoms with Gasteiger partial charge in [0, 0.05) is 35.6 Å². The first-order valence-electron chi connectivity index (χ1n) is 13.3. The second-order valence-electron chi connectivity index (χ2n) is 12.0. The summed E-state index contributed by atoms with van der Waals surface area (Å²) in [6, 6.07) is 17.6. The molecule has 1 saturated heterocycles.